The zero-order chi connectivity index (χ0) is 16.7. The monoisotopic (exact) mass is 308 g/mol. The van der Waals surface area contributed by atoms with Gasteiger partial charge in [-0.05, 0) is 41.8 Å². The van der Waals surface area contributed by atoms with Crippen molar-refractivity contribution in [1.29, 1.82) is 0 Å². The van der Waals surface area contributed by atoms with E-state index in [2.05, 4.69) is 17.6 Å². The Labute approximate surface area is 136 Å². The summed E-state index contributed by atoms with van der Waals surface area (Å²) in [4.78, 5) is 23.5. The first-order valence-electron chi connectivity index (χ1n) is 7.52. The molecule has 118 valence electrons. The standard InChI is InChI=1S/C19H20N2O2/c1-3-14-7-9-15(10-8-14)11-12-18(22)21-17-6-4-5-16(13-17)19(23)20-2/h4-13H,3H2,1-2H3,(H,20,23)(H,21,22). The van der Waals surface area contributed by atoms with Crippen LogP contribution in [0.5, 0.6) is 0 Å². The normalized spacial score (nSPS) is 10.5. The van der Waals surface area contributed by atoms with E-state index in [1.165, 1.54) is 11.6 Å². The molecule has 0 fully saturated rings. The molecular weight excluding hydrogens is 288 g/mol. The molecule has 4 nitrogen and oxygen atoms in total. The summed E-state index contributed by atoms with van der Waals surface area (Å²) in [6.45, 7) is 2.10. The first-order chi connectivity index (χ1) is 11.1. The van der Waals surface area contributed by atoms with Crippen LogP contribution in [0.4, 0.5) is 5.69 Å². The second-order valence-corrected chi connectivity index (χ2v) is 5.08. The second kappa shape index (κ2) is 7.94. The largest absolute Gasteiger partial charge is 0.355 e. The molecule has 2 amide bonds. The minimum atomic E-state index is -0.237. The van der Waals surface area contributed by atoms with Crippen LogP contribution in [0, 0.1) is 0 Å². The second-order valence-electron chi connectivity index (χ2n) is 5.08. The number of rotatable bonds is 5. The lowest BCUT2D eigenvalue weighted by atomic mass is 10.1. The van der Waals surface area contributed by atoms with Crippen LogP contribution in [0.25, 0.3) is 6.08 Å². The summed E-state index contributed by atoms with van der Waals surface area (Å²) in [5.74, 6) is -0.425. The van der Waals surface area contributed by atoms with E-state index in [-0.39, 0.29) is 11.8 Å². The number of amides is 2. The molecule has 4 heteroatoms. The van der Waals surface area contributed by atoms with Crippen molar-refractivity contribution in [1.82, 2.24) is 5.32 Å². The molecule has 2 N–H and O–H groups in total. The number of hydrogen-bond acceptors (Lipinski definition) is 2. The van der Waals surface area contributed by atoms with Crippen LogP contribution in [0.15, 0.2) is 54.6 Å². The van der Waals surface area contributed by atoms with Crippen LogP contribution in [0.3, 0.4) is 0 Å². The fourth-order valence-electron chi connectivity index (χ4n) is 2.10. The number of anilines is 1. The third-order valence-corrected chi connectivity index (χ3v) is 3.43. The molecule has 0 aliphatic carbocycles. The van der Waals surface area contributed by atoms with Gasteiger partial charge in [0, 0.05) is 24.4 Å². The third kappa shape index (κ3) is 4.81. The van der Waals surface area contributed by atoms with Gasteiger partial charge in [0.15, 0.2) is 0 Å². The zero-order valence-corrected chi connectivity index (χ0v) is 13.3. The molecule has 0 saturated carbocycles. The highest BCUT2D eigenvalue weighted by Crippen LogP contribution is 2.11. The topological polar surface area (TPSA) is 58.2 Å². The van der Waals surface area contributed by atoms with Crippen LogP contribution in [-0.4, -0.2) is 18.9 Å². The van der Waals surface area contributed by atoms with E-state index < -0.39 is 0 Å². The quantitative estimate of drug-likeness (QED) is 0.833. The van der Waals surface area contributed by atoms with Crippen molar-refractivity contribution in [2.24, 2.45) is 0 Å². The predicted octanol–water partition coefficient (Wildman–Crippen LogP) is 3.26. The molecular formula is C19H20N2O2. The van der Waals surface area contributed by atoms with E-state index in [0.717, 1.165) is 12.0 Å². The number of nitrogens with one attached hydrogen (secondary N) is 2. The van der Waals surface area contributed by atoms with Crippen LogP contribution in [0.2, 0.25) is 0 Å². The molecule has 0 radical (unpaired) electrons. The Morgan fingerprint density at radius 1 is 1.09 bits per heavy atom. The number of carbonyl (C=O) groups is 2. The minimum absolute atomic E-state index is 0.187. The first kappa shape index (κ1) is 16.5. The average Bonchev–Trinajstić information content (AvgIpc) is 2.60. The van der Waals surface area contributed by atoms with E-state index in [4.69, 9.17) is 0 Å². The van der Waals surface area contributed by atoms with Gasteiger partial charge in [-0.15, -0.1) is 0 Å². The number of aryl methyl sites for hydroxylation is 1. The molecule has 0 atom stereocenters. The first-order valence-corrected chi connectivity index (χ1v) is 7.52. The summed E-state index contributed by atoms with van der Waals surface area (Å²) in [5.41, 5.74) is 3.32. The van der Waals surface area contributed by atoms with Gasteiger partial charge in [-0.1, -0.05) is 37.3 Å². The maximum atomic E-state index is 12.0. The molecule has 0 aliphatic rings. The highest BCUT2D eigenvalue weighted by molar-refractivity contribution is 6.03. The molecule has 23 heavy (non-hydrogen) atoms. The molecule has 0 heterocycles. The fraction of sp³-hybridized carbons (Fsp3) is 0.158. The lowest BCUT2D eigenvalue weighted by Gasteiger charge is -2.05. The Balaban J connectivity index is 2.01. The summed E-state index contributed by atoms with van der Waals surface area (Å²) in [6, 6.07) is 14.9. The van der Waals surface area contributed by atoms with Crippen molar-refractivity contribution in [2.45, 2.75) is 13.3 Å². The van der Waals surface area contributed by atoms with Crippen molar-refractivity contribution in [2.75, 3.05) is 12.4 Å². The van der Waals surface area contributed by atoms with Gasteiger partial charge in [-0.3, -0.25) is 9.59 Å². The summed E-state index contributed by atoms with van der Waals surface area (Å²) in [7, 11) is 1.57. The SMILES string of the molecule is CCc1ccc(C=CC(=O)Nc2cccc(C(=O)NC)c2)cc1. The Kier molecular flexibility index (Phi) is 5.69. The lowest BCUT2D eigenvalue weighted by molar-refractivity contribution is -0.111. The lowest BCUT2D eigenvalue weighted by Crippen LogP contribution is -2.18. The van der Waals surface area contributed by atoms with Crippen LogP contribution in [-0.2, 0) is 11.2 Å². The van der Waals surface area contributed by atoms with Crippen molar-refractivity contribution in [3.05, 3.63) is 71.3 Å². The maximum absolute atomic E-state index is 12.0. The number of hydrogen-bond donors (Lipinski definition) is 2. The van der Waals surface area contributed by atoms with Gasteiger partial charge in [0.2, 0.25) is 5.91 Å². The zero-order valence-electron chi connectivity index (χ0n) is 13.3. The predicted molar refractivity (Wildman–Crippen MR) is 93.3 cm³/mol. The van der Waals surface area contributed by atoms with Crippen molar-refractivity contribution >= 4 is 23.6 Å². The molecule has 0 bridgehead atoms. The van der Waals surface area contributed by atoms with Gasteiger partial charge >= 0.3 is 0 Å². The number of benzene rings is 2. The molecule has 2 rings (SSSR count). The minimum Gasteiger partial charge on any atom is -0.355 e. The Morgan fingerprint density at radius 2 is 1.83 bits per heavy atom. The van der Waals surface area contributed by atoms with Gasteiger partial charge in [-0.2, -0.15) is 0 Å². The molecule has 0 aliphatic heterocycles. The van der Waals surface area contributed by atoms with E-state index in [9.17, 15) is 9.59 Å². The van der Waals surface area contributed by atoms with E-state index >= 15 is 0 Å². The summed E-state index contributed by atoms with van der Waals surface area (Å²) < 4.78 is 0. The third-order valence-electron chi connectivity index (χ3n) is 3.43. The van der Waals surface area contributed by atoms with Gasteiger partial charge in [0.25, 0.3) is 5.91 Å². The van der Waals surface area contributed by atoms with E-state index in [1.54, 1.807) is 37.4 Å². The molecule has 0 aromatic heterocycles. The summed E-state index contributed by atoms with van der Waals surface area (Å²) in [5, 5.41) is 5.30. The van der Waals surface area contributed by atoms with Crippen molar-refractivity contribution in [3.8, 4) is 0 Å². The summed E-state index contributed by atoms with van der Waals surface area (Å²) in [6.07, 6.45) is 4.23. The van der Waals surface area contributed by atoms with Crippen LogP contribution in [0.1, 0.15) is 28.4 Å². The van der Waals surface area contributed by atoms with E-state index in [0.29, 0.717) is 11.3 Å². The van der Waals surface area contributed by atoms with Gasteiger partial charge in [-0.25, -0.2) is 0 Å². The van der Waals surface area contributed by atoms with Crippen molar-refractivity contribution in [3.63, 3.8) is 0 Å². The summed E-state index contributed by atoms with van der Waals surface area (Å²) >= 11 is 0. The van der Waals surface area contributed by atoms with Gasteiger partial charge < -0.3 is 10.6 Å². The molecule has 0 spiro atoms. The van der Waals surface area contributed by atoms with E-state index in [1.807, 2.05) is 24.3 Å². The smallest absolute Gasteiger partial charge is 0.251 e. The molecule has 2 aromatic carbocycles. The Bertz CT molecular complexity index is 718. The Morgan fingerprint density at radius 3 is 2.48 bits per heavy atom. The maximum Gasteiger partial charge on any atom is 0.251 e. The highest BCUT2D eigenvalue weighted by Gasteiger charge is 2.04. The average molecular weight is 308 g/mol. The fourth-order valence-corrected chi connectivity index (χ4v) is 2.10. The van der Waals surface area contributed by atoms with Crippen LogP contribution < -0.4 is 10.6 Å². The van der Waals surface area contributed by atoms with Crippen LogP contribution >= 0.6 is 0 Å². The molecule has 0 unspecified atom stereocenters. The van der Waals surface area contributed by atoms with Crippen molar-refractivity contribution < 1.29 is 9.59 Å². The van der Waals surface area contributed by atoms with Gasteiger partial charge in [0.05, 0.1) is 0 Å². The van der Waals surface area contributed by atoms with Gasteiger partial charge in [0.1, 0.15) is 0 Å². The molecule has 0 saturated heterocycles. The molecule has 2 aromatic rings. The Hall–Kier alpha value is -2.88. The number of carbonyl (C=O) groups excluding carboxylic acids is 2. The highest BCUT2D eigenvalue weighted by atomic mass is 16.2.